The molecule has 0 aliphatic heterocycles. The predicted octanol–water partition coefficient (Wildman–Crippen LogP) is 1.93. The number of nitrogens with zero attached hydrogens (tertiary/aromatic N) is 2. The fourth-order valence-electron chi connectivity index (χ4n) is 1.73. The van der Waals surface area contributed by atoms with Crippen LogP contribution in [-0.4, -0.2) is 16.5 Å². The molecule has 3 nitrogen and oxygen atoms in total. The molecule has 1 aliphatic carbocycles. The Morgan fingerprint density at radius 1 is 1.57 bits per heavy atom. The van der Waals surface area contributed by atoms with Gasteiger partial charge in [-0.25, -0.2) is 9.97 Å². The molecule has 0 spiro atoms. The highest BCUT2D eigenvalue weighted by molar-refractivity contribution is 5.09. The van der Waals surface area contributed by atoms with Gasteiger partial charge in [-0.3, -0.25) is 0 Å². The maximum Gasteiger partial charge on any atom is 0.115 e. The SMILES string of the molecule is CCCNC(c1ccncn1)C1CC1. The molecule has 1 heterocycles. The summed E-state index contributed by atoms with van der Waals surface area (Å²) in [7, 11) is 0. The van der Waals surface area contributed by atoms with Crippen molar-refractivity contribution in [3.63, 3.8) is 0 Å². The van der Waals surface area contributed by atoms with Gasteiger partial charge in [0.25, 0.3) is 0 Å². The largest absolute Gasteiger partial charge is 0.308 e. The zero-order valence-electron chi connectivity index (χ0n) is 8.61. The summed E-state index contributed by atoms with van der Waals surface area (Å²) in [5.74, 6) is 0.802. The zero-order chi connectivity index (χ0) is 9.80. The van der Waals surface area contributed by atoms with Gasteiger partial charge < -0.3 is 5.32 Å². The van der Waals surface area contributed by atoms with Crippen LogP contribution in [0, 0.1) is 5.92 Å². The van der Waals surface area contributed by atoms with Gasteiger partial charge >= 0.3 is 0 Å². The Bertz CT molecular complexity index is 269. The lowest BCUT2D eigenvalue weighted by atomic mass is 10.1. The fourth-order valence-corrected chi connectivity index (χ4v) is 1.73. The standard InChI is InChI=1S/C11H17N3/c1-2-6-13-11(9-3-4-9)10-5-7-12-8-14-10/h5,7-9,11,13H,2-4,6H2,1H3. The number of aromatic nitrogens is 2. The van der Waals surface area contributed by atoms with Crippen molar-refractivity contribution in [3.05, 3.63) is 24.3 Å². The minimum atomic E-state index is 0.456. The van der Waals surface area contributed by atoms with Gasteiger partial charge in [-0.05, 0) is 37.8 Å². The Hall–Kier alpha value is -0.960. The van der Waals surface area contributed by atoms with E-state index in [4.69, 9.17) is 0 Å². The third-order valence-electron chi connectivity index (χ3n) is 2.63. The molecule has 0 radical (unpaired) electrons. The average molecular weight is 191 g/mol. The van der Waals surface area contributed by atoms with Crippen LogP contribution in [0.4, 0.5) is 0 Å². The summed E-state index contributed by atoms with van der Waals surface area (Å²) < 4.78 is 0. The van der Waals surface area contributed by atoms with E-state index in [-0.39, 0.29) is 0 Å². The highest BCUT2D eigenvalue weighted by atomic mass is 15.0. The Balaban J connectivity index is 2.02. The van der Waals surface area contributed by atoms with E-state index in [1.54, 1.807) is 6.33 Å². The lowest BCUT2D eigenvalue weighted by Gasteiger charge is -2.16. The molecule has 14 heavy (non-hydrogen) atoms. The van der Waals surface area contributed by atoms with E-state index in [9.17, 15) is 0 Å². The quantitative estimate of drug-likeness (QED) is 0.772. The second kappa shape index (κ2) is 4.51. The van der Waals surface area contributed by atoms with Gasteiger partial charge in [0.2, 0.25) is 0 Å². The molecule has 0 aromatic carbocycles. The van der Waals surface area contributed by atoms with Crippen molar-refractivity contribution in [1.82, 2.24) is 15.3 Å². The molecule has 2 rings (SSSR count). The van der Waals surface area contributed by atoms with E-state index in [0.29, 0.717) is 6.04 Å². The summed E-state index contributed by atoms with van der Waals surface area (Å²) in [6.45, 7) is 3.27. The normalized spacial score (nSPS) is 18.1. The Morgan fingerprint density at radius 2 is 2.43 bits per heavy atom. The molecule has 1 saturated carbocycles. The third-order valence-corrected chi connectivity index (χ3v) is 2.63. The summed E-state index contributed by atoms with van der Waals surface area (Å²) >= 11 is 0. The second-order valence-corrected chi connectivity index (χ2v) is 3.90. The van der Waals surface area contributed by atoms with E-state index < -0.39 is 0 Å². The van der Waals surface area contributed by atoms with Crippen molar-refractivity contribution in [2.75, 3.05) is 6.54 Å². The lowest BCUT2D eigenvalue weighted by molar-refractivity contribution is 0.470. The van der Waals surface area contributed by atoms with Crippen LogP contribution >= 0.6 is 0 Å². The maximum absolute atomic E-state index is 4.32. The van der Waals surface area contributed by atoms with Gasteiger partial charge in [-0.1, -0.05) is 6.92 Å². The van der Waals surface area contributed by atoms with Gasteiger partial charge in [0, 0.05) is 6.20 Å². The predicted molar refractivity (Wildman–Crippen MR) is 55.8 cm³/mol. The molecule has 76 valence electrons. The van der Waals surface area contributed by atoms with Crippen LogP contribution in [0.15, 0.2) is 18.6 Å². The Labute approximate surface area is 85.0 Å². The highest BCUT2D eigenvalue weighted by Crippen LogP contribution is 2.40. The Kier molecular flexibility index (Phi) is 3.09. The molecular formula is C11H17N3. The number of hydrogen-bond acceptors (Lipinski definition) is 3. The molecule has 1 aliphatic rings. The van der Waals surface area contributed by atoms with E-state index in [2.05, 4.69) is 22.2 Å². The summed E-state index contributed by atoms with van der Waals surface area (Å²) in [6, 6.07) is 2.48. The molecule has 0 amide bonds. The number of hydrogen-bond donors (Lipinski definition) is 1. The van der Waals surface area contributed by atoms with E-state index in [1.165, 1.54) is 19.3 Å². The van der Waals surface area contributed by atoms with E-state index in [0.717, 1.165) is 18.2 Å². The van der Waals surface area contributed by atoms with Gasteiger partial charge in [0.15, 0.2) is 0 Å². The number of nitrogens with one attached hydrogen (secondary N) is 1. The summed E-state index contributed by atoms with van der Waals surface area (Å²) in [4.78, 5) is 8.27. The first kappa shape index (κ1) is 9.59. The van der Waals surface area contributed by atoms with Crippen molar-refractivity contribution < 1.29 is 0 Å². The van der Waals surface area contributed by atoms with Crippen LogP contribution in [0.3, 0.4) is 0 Å². The van der Waals surface area contributed by atoms with E-state index in [1.807, 2.05) is 12.3 Å². The minimum absolute atomic E-state index is 0.456. The third kappa shape index (κ3) is 2.29. The van der Waals surface area contributed by atoms with Crippen molar-refractivity contribution in [3.8, 4) is 0 Å². The van der Waals surface area contributed by atoms with Crippen LogP contribution in [-0.2, 0) is 0 Å². The molecular weight excluding hydrogens is 174 g/mol. The van der Waals surface area contributed by atoms with Gasteiger partial charge in [0.05, 0.1) is 11.7 Å². The van der Waals surface area contributed by atoms with Gasteiger partial charge in [-0.2, -0.15) is 0 Å². The smallest absolute Gasteiger partial charge is 0.115 e. The highest BCUT2D eigenvalue weighted by Gasteiger charge is 2.32. The van der Waals surface area contributed by atoms with Gasteiger partial charge in [0.1, 0.15) is 6.33 Å². The first-order valence-electron chi connectivity index (χ1n) is 5.41. The molecule has 0 saturated heterocycles. The molecule has 3 heteroatoms. The van der Waals surface area contributed by atoms with Crippen LogP contribution in [0.2, 0.25) is 0 Å². The monoisotopic (exact) mass is 191 g/mol. The lowest BCUT2D eigenvalue weighted by Crippen LogP contribution is -2.24. The molecule has 1 fully saturated rings. The number of rotatable bonds is 5. The maximum atomic E-state index is 4.32. The molecule has 1 unspecified atom stereocenters. The van der Waals surface area contributed by atoms with Crippen LogP contribution in [0.25, 0.3) is 0 Å². The average Bonchev–Trinajstić information content (AvgIpc) is 3.04. The first-order chi connectivity index (χ1) is 6.92. The summed E-state index contributed by atoms with van der Waals surface area (Å²) in [6.07, 6.45) is 7.31. The summed E-state index contributed by atoms with van der Waals surface area (Å²) in [5, 5.41) is 3.56. The van der Waals surface area contributed by atoms with Crippen LogP contribution < -0.4 is 5.32 Å². The van der Waals surface area contributed by atoms with Crippen molar-refractivity contribution in [1.29, 1.82) is 0 Å². The molecule has 1 aromatic rings. The molecule has 1 N–H and O–H groups in total. The first-order valence-corrected chi connectivity index (χ1v) is 5.41. The van der Waals surface area contributed by atoms with Crippen LogP contribution in [0.1, 0.15) is 37.9 Å². The Morgan fingerprint density at radius 3 is 3.00 bits per heavy atom. The van der Waals surface area contributed by atoms with E-state index >= 15 is 0 Å². The van der Waals surface area contributed by atoms with Crippen LogP contribution in [0.5, 0.6) is 0 Å². The fraction of sp³-hybridized carbons (Fsp3) is 0.636. The molecule has 1 aromatic heterocycles. The minimum Gasteiger partial charge on any atom is -0.308 e. The molecule has 0 bridgehead atoms. The second-order valence-electron chi connectivity index (χ2n) is 3.90. The molecule has 1 atom stereocenters. The topological polar surface area (TPSA) is 37.8 Å². The summed E-state index contributed by atoms with van der Waals surface area (Å²) in [5.41, 5.74) is 1.15. The van der Waals surface area contributed by atoms with Crippen molar-refractivity contribution in [2.45, 2.75) is 32.2 Å². The van der Waals surface area contributed by atoms with Gasteiger partial charge in [-0.15, -0.1) is 0 Å². The van der Waals surface area contributed by atoms with Crippen molar-refractivity contribution in [2.24, 2.45) is 5.92 Å². The van der Waals surface area contributed by atoms with Crippen molar-refractivity contribution >= 4 is 0 Å². The zero-order valence-corrected chi connectivity index (χ0v) is 8.61.